The molecular formula is C19H22ClN3O4S. The van der Waals surface area contributed by atoms with Crippen molar-refractivity contribution in [2.24, 2.45) is 0 Å². The van der Waals surface area contributed by atoms with Crippen molar-refractivity contribution in [1.29, 1.82) is 0 Å². The Kier molecular flexibility index (Phi) is 7.42. The quantitative estimate of drug-likeness (QED) is 0.607. The Balaban J connectivity index is 2.14. The first-order valence-corrected chi connectivity index (χ1v) is 10.6. The van der Waals surface area contributed by atoms with Crippen LogP contribution in [0.15, 0.2) is 53.4 Å². The van der Waals surface area contributed by atoms with E-state index in [1.807, 2.05) is 6.92 Å². The maximum absolute atomic E-state index is 12.6. The first-order chi connectivity index (χ1) is 13.2. The molecule has 0 heterocycles. The van der Waals surface area contributed by atoms with Crippen LogP contribution in [0.1, 0.15) is 30.6 Å². The number of amides is 2. The van der Waals surface area contributed by atoms with E-state index in [0.29, 0.717) is 17.3 Å². The Hall–Kier alpha value is -2.58. The average molecular weight is 424 g/mol. The highest BCUT2D eigenvalue weighted by molar-refractivity contribution is 7.92. The van der Waals surface area contributed by atoms with Crippen LogP contribution in [0.25, 0.3) is 0 Å². The summed E-state index contributed by atoms with van der Waals surface area (Å²) in [5, 5.41) is 5.64. The predicted molar refractivity (Wildman–Crippen MR) is 109 cm³/mol. The highest BCUT2D eigenvalue weighted by atomic mass is 35.5. The van der Waals surface area contributed by atoms with Crippen LogP contribution in [0.5, 0.6) is 0 Å². The molecule has 0 aromatic heterocycles. The Bertz CT molecular complexity index is 963. The van der Waals surface area contributed by atoms with Crippen molar-refractivity contribution in [1.82, 2.24) is 10.6 Å². The average Bonchev–Trinajstić information content (AvgIpc) is 2.65. The van der Waals surface area contributed by atoms with Gasteiger partial charge in [0.1, 0.15) is 6.04 Å². The minimum atomic E-state index is -3.91. The Morgan fingerprint density at radius 3 is 2.50 bits per heavy atom. The molecule has 2 amide bonds. The van der Waals surface area contributed by atoms with E-state index in [1.165, 1.54) is 30.3 Å². The van der Waals surface area contributed by atoms with Gasteiger partial charge >= 0.3 is 0 Å². The molecule has 0 saturated heterocycles. The zero-order valence-electron chi connectivity index (χ0n) is 15.5. The van der Waals surface area contributed by atoms with E-state index < -0.39 is 22.0 Å². The molecule has 1 unspecified atom stereocenters. The van der Waals surface area contributed by atoms with Gasteiger partial charge in [0.15, 0.2) is 0 Å². The lowest BCUT2D eigenvalue weighted by atomic mass is 10.2. The van der Waals surface area contributed by atoms with Crippen LogP contribution in [0, 0.1) is 0 Å². The molecule has 0 aliphatic rings. The minimum absolute atomic E-state index is 0.0804. The molecule has 3 N–H and O–H groups in total. The lowest BCUT2D eigenvalue weighted by Crippen LogP contribution is -2.45. The zero-order chi connectivity index (χ0) is 20.7. The van der Waals surface area contributed by atoms with Gasteiger partial charge in [0.2, 0.25) is 5.91 Å². The number of benzene rings is 2. The van der Waals surface area contributed by atoms with Gasteiger partial charge in [0.25, 0.3) is 15.9 Å². The Labute approximate surface area is 169 Å². The normalized spacial score (nSPS) is 12.1. The summed E-state index contributed by atoms with van der Waals surface area (Å²) in [6, 6.07) is 11.1. The van der Waals surface area contributed by atoms with Gasteiger partial charge in [-0.2, -0.15) is 0 Å². The number of nitrogens with one attached hydrogen (secondary N) is 3. The number of anilines is 1. The summed E-state index contributed by atoms with van der Waals surface area (Å²) < 4.78 is 27.6. The standard InChI is InChI=1S/C19H22ClN3O4S/c1-3-10-21-18(24)13(2)22-19(25)14-6-4-9-17(11-14)28(26,27)23-16-8-5-7-15(20)12-16/h4-9,11-13,23H,3,10H2,1-2H3,(H,21,24)(H,22,25). The molecule has 0 spiro atoms. The second kappa shape index (κ2) is 9.57. The van der Waals surface area contributed by atoms with Crippen molar-refractivity contribution in [3.05, 3.63) is 59.1 Å². The molecular weight excluding hydrogens is 402 g/mol. The van der Waals surface area contributed by atoms with Gasteiger partial charge in [-0.3, -0.25) is 14.3 Å². The van der Waals surface area contributed by atoms with Crippen molar-refractivity contribution in [2.45, 2.75) is 31.2 Å². The van der Waals surface area contributed by atoms with Gasteiger partial charge in [0, 0.05) is 17.1 Å². The van der Waals surface area contributed by atoms with Crippen molar-refractivity contribution < 1.29 is 18.0 Å². The topological polar surface area (TPSA) is 104 Å². The van der Waals surface area contributed by atoms with Crippen LogP contribution < -0.4 is 15.4 Å². The number of hydrogen-bond acceptors (Lipinski definition) is 4. The predicted octanol–water partition coefficient (Wildman–Crippen LogP) is 2.79. The molecule has 0 saturated carbocycles. The van der Waals surface area contributed by atoms with E-state index in [-0.39, 0.29) is 16.4 Å². The number of hydrogen-bond donors (Lipinski definition) is 3. The largest absolute Gasteiger partial charge is 0.354 e. The number of rotatable bonds is 8. The fourth-order valence-corrected chi connectivity index (χ4v) is 3.60. The SMILES string of the molecule is CCCNC(=O)C(C)NC(=O)c1cccc(S(=O)(=O)Nc2cccc(Cl)c2)c1. The summed E-state index contributed by atoms with van der Waals surface area (Å²) in [6.45, 7) is 4.00. The van der Waals surface area contributed by atoms with E-state index in [2.05, 4.69) is 15.4 Å². The van der Waals surface area contributed by atoms with Crippen LogP contribution in [-0.2, 0) is 14.8 Å². The molecule has 0 bridgehead atoms. The van der Waals surface area contributed by atoms with E-state index in [1.54, 1.807) is 25.1 Å². The van der Waals surface area contributed by atoms with E-state index in [4.69, 9.17) is 11.6 Å². The lowest BCUT2D eigenvalue weighted by Gasteiger charge is -2.14. The van der Waals surface area contributed by atoms with Crippen molar-refractivity contribution >= 4 is 39.1 Å². The molecule has 2 rings (SSSR count). The summed E-state index contributed by atoms with van der Waals surface area (Å²) in [5.74, 6) is -0.847. The molecule has 0 aliphatic carbocycles. The summed E-state index contributed by atoms with van der Waals surface area (Å²) in [5.41, 5.74) is 0.438. The summed E-state index contributed by atoms with van der Waals surface area (Å²) >= 11 is 5.87. The number of carbonyl (C=O) groups is 2. The summed E-state index contributed by atoms with van der Waals surface area (Å²) in [7, 11) is -3.91. The molecule has 0 fully saturated rings. The van der Waals surface area contributed by atoms with Gasteiger partial charge in [-0.05, 0) is 49.7 Å². The van der Waals surface area contributed by atoms with Gasteiger partial charge < -0.3 is 10.6 Å². The molecule has 150 valence electrons. The van der Waals surface area contributed by atoms with Gasteiger partial charge in [0.05, 0.1) is 10.6 Å². The van der Waals surface area contributed by atoms with Crippen molar-refractivity contribution in [3.8, 4) is 0 Å². The zero-order valence-corrected chi connectivity index (χ0v) is 17.1. The maximum atomic E-state index is 12.6. The highest BCUT2D eigenvalue weighted by Gasteiger charge is 2.19. The second-order valence-electron chi connectivity index (χ2n) is 6.13. The fourth-order valence-electron chi connectivity index (χ4n) is 2.32. The van der Waals surface area contributed by atoms with Crippen molar-refractivity contribution in [3.63, 3.8) is 0 Å². The minimum Gasteiger partial charge on any atom is -0.354 e. The van der Waals surface area contributed by atoms with Gasteiger partial charge in [-0.15, -0.1) is 0 Å². The summed E-state index contributed by atoms with van der Waals surface area (Å²) in [4.78, 5) is 24.2. The molecule has 2 aromatic carbocycles. The first kappa shape index (κ1) is 21.7. The molecule has 0 radical (unpaired) electrons. The van der Waals surface area contributed by atoms with Gasteiger partial charge in [-0.25, -0.2) is 8.42 Å². The molecule has 0 aliphatic heterocycles. The van der Waals surface area contributed by atoms with Crippen molar-refractivity contribution in [2.75, 3.05) is 11.3 Å². The fraction of sp³-hybridized carbons (Fsp3) is 0.263. The number of halogens is 1. The summed E-state index contributed by atoms with van der Waals surface area (Å²) in [6.07, 6.45) is 0.784. The van der Waals surface area contributed by atoms with Crippen LogP contribution in [-0.4, -0.2) is 32.8 Å². The van der Waals surface area contributed by atoms with Gasteiger partial charge in [-0.1, -0.05) is 30.7 Å². The number of carbonyl (C=O) groups excluding carboxylic acids is 2. The molecule has 7 nitrogen and oxygen atoms in total. The Morgan fingerprint density at radius 2 is 1.82 bits per heavy atom. The second-order valence-corrected chi connectivity index (χ2v) is 8.25. The number of sulfonamides is 1. The monoisotopic (exact) mass is 423 g/mol. The molecule has 9 heteroatoms. The maximum Gasteiger partial charge on any atom is 0.261 e. The third-order valence-corrected chi connectivity index (χ3v) is 5.39. The van der Waals surface area contributed by atoms with Crippen LogP contribution in [0.4, 0.5) is 5.69 Å². The lowest BCUT2D eigenvalue weighted by molar-refractivity contribution is -0.122. The van der Waals surface area contributed by atoms with E-state index in [0.717, 1.165) is 6.42 Å². The first-order valence-electron chi connectivity index (χ1n) is 8.70. The van der Waals surface area contributed by atoms with Crippen LogP contribution in [0.2, 0.25) is 5.02 Å². The van der Waals surface area contributed by atoms with Crippen LogP contribution >= 0.6 is 11.6 Å². The molecule has 2 aromatic rings. The van der Waals surface area contributed by atoms with E-state index in [9.17, 15) is 18.0 Å². The highest BCUT2D eigenvalue weighted by Crippen LogP contribution is 2.20. The van der Waals surface area contributed by atoms with Crippen LogP contribution in [0.3, 0.4) is 0 Å². The molecule has 1 atom stereocenters. The molecule has 28 heavy (non-hydrogen) atoms. The third-order valence-electron chi connectivity index (χ3n) is 3.77. The third kappa shape index (κ3) is 5.97. The smallest absolute Gasteiger partial charge is 0.261 e. The Morgan fingerprint density at radius 1 is 1.11 bits per heavy atom. The van der Waals surface area contributed by atoms with E-state index >= 15 is 0 Å².